The molecular weight excluding hydrogens is 540 g/mol. The van der Waals surface area contributed by atoms with Crippen LogP contribution >= 0.6 is 0 Å². The molecule has 2 fully saturated rings. The van der Waals surface area contributed by atoms with Crippen molar-refractivity contribution in [3.8, 4) is 11.1 Å². The second-order valence-corrected chi connectivity index (χ2v) is 12.6. The number of carbonyl (C=O) groups excluding carboxylic acids is 1. The first kappa shape index (κ1) is 29.4. The topological polar surface area (TPSA) is 95.9 Å². The maximum atomic E-state index is 14.5. The Hall–Kier alpha value is -2.54. The molecule has 12 heteroatoms. The zero-order valence-corrected chi connectivity index (χ0v) is 22.5. The summed E-state index contributed by atoms with van der Waals surface area (Å²) in [5, 5.41) is 12.8. The second-order valence-electron chi connectivity index (χ2n) is 10.6. The van der Waals surface area contributed by atoms with Gasteiger partial charge in [-0.2, -0.15) is 13.2 Å². The average molecular weight is 573 g/mol. The summed E-state index contributed by atoms with van der Waals surface area (Å²) in [7, 11) is -3.44. The van der Waals surface area contributed by atoms with Crippen LogP contribution < -0.4 is 5.32 Å². The molecule has 2 saturated heterocycles. The van der Waals surface area contributed by atoms with E-state index in [1.54, 1.807) is 19.9 Å². The van der Waals surface area contributed by atoms with Gasteiger partial charge in [0.05, 0.1) is 30.1 Å². The number of benzene rings is 2. The number of amides is 1. The number of hydrogen-bond donors (Lipinski definition) is 2. The van der Waals surface area contributed by atoms with Crippen molar-refractivity contribution in [1.82, 2.24) is 10.2 Å². The molecule has 2 aliphatic heterocycles. The number of carbonyl (C=O) groups is 1. The highest BCUT2D eigenvalue weighted by atomic mass is 32.2. The van der Waals surface area contributed by atoms with E-state index in [-0.39, 0.29) is 35.9 Å². The molecule has 2 heterocycles. The van der Waals surface area contributed by atoms with Crippen LogP contribution in [-0.4, -0.2) is 80.4 Å². The Morgan fingerprint density at radius 1 is 1.15 bits per heavy atom. The molecular formula is C27H32F4N2O5S. The van der Waals surface area contributed by atoms with E-state index in [9.17, 15) is 35.9 Å². The number of aliphatic hydroxyl groups is 1. The van der Waals surface area contributed by atoms with Gasteiger partial charge in [-0.3, -0.25) is 10.1 Å². The van der Waals surface area contributed by atoms with Crippen LogP contribution in [0.1, 0.15) is 31.9 Å². The first-order chi connectivity index (χ1) is 18.2. The lowest BCUT2D eigenvalue weighted by Crippen LogP contribution is -2.54. The van der Waals surface area contributed by atoms with Crippen molar-refractivity contribution in [1.29, 1.82) is 0 Å². The number of hydrogen-bond acceptors (Lipinski definition) is 6. The summed E-state index contributed by atoms with van der Waals surface area (Å²) in [6.07, 6.45) is -7.33. The molecule has 0 radical (unpaired) electrons. The van der Waals surface area contributed by atoms with E-state index in [0.717, 1.165) is 11.2 Å². The third-order valence-electron chi connectivity index (χ3n) is 7.10. The third-order valence-corrected chi connectivity index (χ3v) is 8.23. The smallest absolute Gasteiger partial charge is 0.388 e. The fraction of sp³-hybridized carbons (Fsp3) is 0.519. The van der Waals surface area contributed by atoms with Gasteiger partial charge in [-0.25, -0.2) is 12.8 Å². The van der Waals surface area contributed by atoms with E-state index >= 15 is 0 Å². The number of sulfone groups is 1. The molecule has 214 valence electrons. The molecule has 0 unspecified atom stereocenters. The monoisotopic (exact) mass is 572 g/mol. The quantitative estimate of drug-likeness (QED) is 0.469. The highest BCUT2D eigenvalue weighted by Crippen LogP contribution is 2.37. The SMILES string of the molecule is CC(C)C[C@H](N[C@@H](c1cccc(-c2ccc(S(C)(=O)=O)cc2)c1)C(F)(F)F)C(=O)N1C[C@H](F)[C@H]2OC[C@H](O)[C@H]21. The fourth-order valence-electron chi connectivity index (χ4n) is 5.26. The predicted molar refractivity (Wildman–Crippen MR) is 136 cm³/mol. The van der Waals surface area contributed by atoms with Crippen molar-refractivity contribution in [3.05, 3.63) is 54.1 Å². The zero-order valence-electron chi connectivity index (χ0n) is 21.7. The molecule has 0 aromatic heterocycles. The molecule has 2 aromatic carbocycles. The van der Waals surface area contributed by atoms with Crippen molar-refractivity contribution >= 4 is 15.7 Å². The van der Waals surface area contributed by atoms with Crippen molar-refractivity contribution in [2.45, 2.75) is 67.8 Å². The Morgan fingerprint density at radius 3 is 2.41 bits per heavy atom. The Labute approximate surface area is 225 Å². The molecule has 2 N–H and O–H groups in total. The van der Waals surface area contributed by atoms with E-state index in [0.29, 0.717) is 11.1 Å². The normalized spacial score (nSPS) is 25.1. The van der Waals surface area contributed by atoms with E-state index in [1.807, 2.05) is 0 Å². The van der Waals surface area contributed by atoms with Crippen LogP contribution in [0.25, 0.3) is 11.1 Å². The fourth-order valence-corrected chi connectivity index (χ4v) is 5.90. The van der Waals surface area contributed by atoms with Crippen LogP contribution in [0.5, 0.6) is 0 Å². The molecule has 2 aromatic rings. The second kappa shape index (κ2) is 11.1. The van der Waals surface area contributed by atoms with E-state index in [1.165, 1.54) is 42.5 Å². The first-order valence-corrected chi connectivity index (χ1v) is 14.5. The van der Waals surface area contributed by atoms with Crippen LogP contribution in [0.3, 0.4) is 0 Å². The number of nitrogens with one attached hydrogen (secondary N) is 1. The maximum Gasteiger partial charge on any atom is 0.407 e. The number of likely N-dealkylation sites (tertiary alicyclic amines) is 1. The van der Waals surface area contributed by atoms with Crippen LogP contribution in [0.2, 0.25) is 0 Å². The van der Waals surface area contributed by atoms with Gasteiger partial charge in [0, 0.05) is 6.26 Å². The number of halogens is 4. The number of rotatable bonds is 8. The van der Waals surface area contributed by atoms with Crippen molar-refractivity contribution in [2.24, 2.45) is 5.92 Å². The summed E-state index contributed by atoms with van der Waals surface area (Å²) in [5.74, 6) is -0.880. The Balaban J connectivity index is 1.64. The van der Waals surface area contributed by atoms with Gasteiger partial charge >= 0.3 is 6.18 Å². The van der Waals surface area contributed by atoms with Crippen LogP contribution in [-0.2, 0) is 19.4 Å². The lowest BCUT2D eigenvalue weighted by atomic mass is 9.96. The molecule has 0 aliphatic carbocycles. The minimum absolute atomic E-state index is 0.0554. The van der Waals surface area contributed by atoms with Gasteiger partial charge in [-0.15, -0.1) is 0 Å². The highest BCUT2D eigenvalue weighted by molar-refractivity contribution is 7.90. The van der Waals surface area contributed by atoms with Gasteiger partial charge in [0.15, 0.2) is 9.84 Å². The van der Waals surface area contributed by atoms with Crippen LogP contribution in [0.4, 0.5) is 17.6 Å². The Kier molecular flexibility index (Phi) is 8.42. The van der Waals surface area contributed by atoms with E-state index < -0.39 is 58.4 Å². The molecule has 4 rings (SSSR count). The summed E-state index contributed by atoms with van der Waals surface area (Å²) >= 11 is 0. The van der Waals surface area contributed by atoms with Crippen molar-refractivity contribution in [3.63, 3.8) is 0 Å². The summed E-state index contributed by atoms with van der Waals surface area (Å²) in [5.41, 5.74) is 0.817. The Bertz CT molecular complexity index is 1290. The van der Waals surface area contributed by atoms with Crippen molar-refractivity contribution < 1.29 is 40.6 Å². The lowest BCUT2D eigenvalue weighted by Gasteiger charge is -2.33. The largest absolute Gasteiger partial charge is 0.407 e. The van der Waals surface area contributed by atoms with Crippen molar-refractivity contribution in [2.75, 3.05) is 19.4 Å². The minimum atomic E-state index is -4.78. The maximum absolute atomic E-state index is 14.5. The molecule has 7 nitrogen and oxygen atoms in total. The number of nitrogens with zero attached hydrogens (tertiary/aromatic N) is 1. The number of aliphatic hydroxyl groups excluding tert-OH is 1. The van der Waals surface area contributed by atoms with E-state index in [4.69, 9.17) is 4.74 Å². The first-order valence-electron chi connectivity index (χ1n) is 12.6. The van der Waals surface area contributed by atoms with Gasteiger partial charge in [-0.1, -0.05) is 44.2 Å². The number of fused-ring (bicyclic) bond motifs is 1. The Morgan fingerprint density at radius 2 is 1.82 bits per heavy atom. The zero-order chi connectivity index (χ0) is 28.7. The van der Waals surface area contributed by atoms with Gasteiger partial charge in [0.25, 0.3) is 0 Å². The third kappa shape index (κ3) is 6.45. The molecule has 1 amide bonds. The molecule has 39 heavy (non-hydrogen) atoms. The molecule has 0 saturated carbocycles. The van der Waals surface area contributed by atoms with Gasteiger partial charge in [0.1, 0.15) is 24.4 Å². The van der Waals surface area contributed by atoms with Gasteiger partial charge < -0.3 is 14.7 Å². The minimum Gasteiger partial charge on any atom is -0.388 e. The number of alkyl halides is 4. The molecule has 2 aliphatic rings. The lowest BCUT2D eigenvalue weighted by molar-refractivity contribution is -0.163. The van der Waals surface area contributed by atoms with Crippen LogP contribution in [0.15, 0.2) is 53.4 Å². The summed E-state index contributed by atoms with van der Waals surface area (Å²) < 4.78 is 86.6. The summed E-state index contributed by atoms with van der Waals surface area (Å²) in [6, 6.07) is 7.05. The van der Waals surface area contributed by atoms with E-state index in [2.05, 4.69) is 5.32 Å². The molecule has 0 spiro atoms. The highest BCUT2D eigenvalue weighted by Gasteiger charge is 2.54. The van der Waals surface area contributed by atoms with Gasteiger partial charge in [0.2, 0.25) is 5.91 Å². The average Bonchev–Trinajstić information content (AvgIpc) is 3.40. The van der Waals surface area contributed by atoms with Crippen LogP contribution in [0, 0.1) is 5.92 Å². The summed E-state index contributed by atoms with van der Waals surface area (Å²) in [4.78, 5) is 14.7. The number of ether oxygens (including phenoxy) is 1. The standard InChI is InChI=1S/C27H32F4N2O5S/c1-15(2)11-21(26(35)33-13-20(28)24-23(33)22(34)14-38-24)32-25(27(29,30)31)18-6-4-5-17(12-18)16-7-9-19(10-8-16)39(3,36)37/h4-10,12,15,20-25,32,34H,11,13-14H2,1-3H3/t20-,21-,22-,23+,24+,25-/m0/s1. The molecule has 0 bridgehead atoms. The molecule has 6 atom stereocenters. The summed E-state index contributed by atoms with van der Waals surface area (Å²) in [6.45, 7) is 3.02. The predicted octanol–water partition coefficient (Wildman–Crippen LogP) is 3.67. The van der Waals surface area contributed by atoms with Gasteiger partial charge in [-0.05, 0) is 47.2 Å².